The molecule has 1 aromatic heterocycles. The van der Waals surface area contributed by atoms with Gasteiger partial charge in [0.2, 0.25) is 5.91 Å². The van der Waals surface area contributed by atoms with Crippen LogP contribution in [0.5, 0.6) is 23.0 Å². The summed E-state index contributed by atoms with van der Waals surface area (Å²) in [5.74, 6) is 1.48. The number of ether oxygens (including phenoxy) is 2. The number of hydrogen-bond acceptors (Lipinski definition) is 7. The van der Waals surface area contributed by atoms with E-state index >= 15 is 0 Å². The highest BCUT2D eigenvalue weighted by Crippen LogP contribution is 2.40. The molecule has 9 nitrogen and oxygen atoms in total. The van der Waals surface area contributed by atoms with Gasteiger partial charge in [-0.25, -0.2) is 4.98 Å². The number of hydrogen-bond donors (Lipinski definition) is 2. The number of aryl methyl sites for hydroxylation is 1. The molecule has 2 amide bonds. The Morgan fingerprint density at radius 2 is 1.90 bits per heavy atom. The first-order valence-electron chi connectivity index (χ1n) is 12.7. The molecule has 0 spiro atoms. The Bertz CT molecular complexity index is 1520. The fraction of sp³-hybridized carbons (Fsp3) is 0.233. The lowest BCUT2D eigenvalue weighted by Crippen LogP contribution is -2.40. The molecule has 0 aliphatic carbocycles. The standard InChI is InChI=1S/C30H27N3O6/c1-37-25-10-8-21-13-27(25)39-26-12-18(2-9-24(26)34)3-11-29(35)32-23-16-33(15-22(21)23)30(36)20-6-4-19(5-7-20)28-14-31-17-38-28/h2,4-10,12-14,17,22-23,34H,3,11,15-16H2,1H3,(H,32,35)/t22-,23+/m0/s1. The summed E-state index contributed by atoms with van der Waals surface area (Å²) in [5, 5.41) is 13.6. The van der Waals surface area contributed by atoms with Crippen LogP contribution in [0.4, 0.5) is 0 Å². The maximum absolute atomic E-state index is 13.5. The Hall–Kier alpha value is -4.79. The van der Waals surface area contributed by atoms with Crippen LogP contribution in [0, 0.1) is 0 Å². The molecule has 0 saturated carbocycles. The molecule has 4 bridgehead atoms. The van der Waals surface area contributed by atoms with Crippen LogP contribution in [0.15, 0.2) is 77.7 Å². The van der Waals surface area contributed by atoms with E-state index in [-0.39, 0.29) is 41.7 Å². The lowest BCUT2D eigenvalue weighted by molar-refractivity contribution is -0.121. The summed E-state index contributed by atoms with van der Waals surface area (Å²) in [6.45, 7) is 0.786. The first-order chi connectivity index (χ1) is 19.0. The summed E-state index contributed by atoms with van der Waals surface area (Å²) < 4.78 is 17.0. The maximum atomic E-state index is 13.5. The molecule has 39 heavy (non-hydrogen) atoms. The van der Waals surface area contributed by atoms with Crippen LogP contribution in [-0.4, -0.2) is 53.0 Å². The third-order valence-electron chi connectivity index (χ3n) is 7.30. The molecule has 1 fully saturated rings. The summed E-state index contributed by atoms with van der Waals surface area (Å²) in [6.07, 6.45) is 3.74. The number of rotatable bonds is 3. The number of fused-ring (bicyclic) bond motifs is 6. The molecule has 2 atom stereocenters. The molecule has 0 radical (unpaired) electrons. The molecule has 9 heteroatoms. The Morgan fingerprint density at radius 3 is 2.67 bits per heavy atom. The number of phenols is 1. The molecule has 3 heterocycles. The van der Waals surface area contributed by atoms with Crippen molar-refractivity contribution in [3.8, 4) is 34.3 Å². The number of benzene rings is 3. The van der Waals surface area contributed by atoms with Gasteiger partial charge in [-0.15, -0.1) is 0 Å². The second-order valence-electron chi connectivity index (χ2n) is 9.75. The van der Waals surface area contributed by atoms with Crippen LogP contribution in [0.3, 0.4) is 0 Å². The largest absolute Gasteiger partial charge is 0.504 e. The number of amides is 2. The van der Waals surface area contributed by atoms with Gasteiger partial charge in [-0.05, 0) is 53.9 Å². The number of nitrogens with zero attached hydrogens (tertiary/aromatic N) is 2. The summed E-state index contributed by atoms with van der Waals surface area (Å²) in [7, 11) is 1.55. The number of aromatic hydroxyl groups is 1. The van der Waals surface area contributed by atoms with E-state index in [0.29, 0.717) is 42.3 Å². The van der Waals surface area contributed by atoms with Crippen LogP contribution in [0.2, 0.25) is 0 Å². The highest BCUT2D eigenvalue weighted by Gasteiger charge is 2.38. The summed E-state index contributed by atoms with van der Waals surface area (Å²) >= 11 is 0. The zero-order chi connectivity index (χ0) is 26.9. The highest BCUT2D eigenvalue weighted by atomic mass is 16.5. The van der Waals surface area contributed by atoms with Gasteiger partial charge in [0.05, 0.1) is 19.3 Å². The number of methoxy groups -OCH3 is 1. The molecule has 3 aromatic carbocycles. The monoisotopic (exact) mass is 525 g/mol. The van der Waals surface area contributed by atoms with Gasteiger partial charge in [-0.1, -0.05) is 24.3 Å². The normalized spacial score (nSPS) is 18.6. The first kappa shape index (κ1) is 24.5. The van der Waals surface area contributed by atoms with Gasteiger partial charge < -0.3 is 29.2 Å². The van der Waals surface area contributed by atoms with E-state index in [9.17, 15) is 14.7 Å². The molecule has 198 valence electrons. The average molecular weight is 526 g/mol. The maximum Gasteiger partial charge on any atom is 0.253 e. The topological polar surface area (TPSA) is 114 Å². The van der Waals surface area contributed by atoms with Crippen LogP contribution >= 0.6 is 0 Å². The summed E-state index contributed by atoms with van der Waals surface area (Å²) in [5.41, 5.74) is 3.13. The predicted molar refractivity (Wildman–Crippen MR) is 142 cm³/mol. The summed E-state index contributed by atoms with van der Waals surface area (Å²) in [4.78, 5) is 32.2. The third kappa shape index (κ3) is 4.90. The predicted octanol–water partition coefficient (Wildman–Crippen LogP) is 4.52. The number of phenolic OH excluding ortho intramolecular Hbond substituents is 1. The number of carbonyl (C=O) groups excluding carboxylic acids is 2. The van der Waals surface area contributed by atoms with E-state index in [1.54, 1.807) is 54.6 Å². The number of oxazole rings is 1. The molecule has 4 aromatic rings. The van der Waals surface area contributed by atoms with Crippen LogP contribution in [0.1, 0.15) is 33.8 Å². The Morgan fingerprint density at radius 1 is 1.05 bits per heavy atom. The third-order valence-corrected chi connectivity index (χ3v) is 7.30. The Labute approximate surface area is 225 Å². The fourth-order valence-electron chi connectivity index (χ4n) is 5.23. The number of nitrogens with one attached hydrogen (secondary N) is 1. The van der Waals surface area contributed by atoms with Crippen molar-refractivity contribution in [2.24, 2.45) is 0 Å². The smallest absolute Gasteiger partial charge is 0.253 e. The van der Waals surface area contributed by atoms with Crippen LogP contribution in [-0.2, 0) is 11.2 Å². The van der Waals surface area contributed by atoms with Gasteiger partial charge in [-0.3, -0.25) is 9.59 Å². The van der Waals surface area contributed by atoms with Crippen LogP contribution < -0.4 is 14.8 Å². The lowest BCUT2D eigenvalue weighted by Gasteiger charge is -2.21. The lowest BCUT2D eigenvalue weighted by atomic mass is 9.93. The quantitative estimate of drug-likeness (QED) is 0.404. The van der Waals surface area contributed by atoms with Crippen molar-refractivity contribution in [1.82, 2.24) is 15.2 Å². The van der Waals surface area contributed by atoms with Gasteiger partial charge >= 0.3 is 0 Å². The molecule has 2 N–H and O–H groups in total. The van der Waals surface area contributed by atoms with Crippen molar-refractivity contribution in [3.63, 3.8) is 0 Å². The van der Waals surface area contributed by atoms with E-state index in [0.717, 1.165) is 16.7 Å². The van der Waals surface area contributed by atoms with E-state index in [1.165, 1.54) is 6.39 Å². The molecule has 1 saturated heterocycles. The zero-order valence-electron chi connectivity index (χ0n) is 21.3. The molecular weight excluding hydrogens is 498 g/mol. The van der Waals surface area contributed by atoms with E-state index < -0.39 is 0 Å². The molecule has 0 unspecified atom stereocenters. The van der Waals surface area contributed by atoms with Crippen molar-refractivity contribution in [2.45, 2.75) is 24.8 Å². The Balaban J connectivity index is 1.31. The van der Waals surface area contributed by atoms with Crippen molar-refractivity contribution in [1.29, 1.82) is 0 Å². The van der Waals surface area contributed by atoms with Gasteiger partial charge in [-0.2, -0.15) is 0 Å². The molecule has 2 aliphatic rings. The van der Waals surface area contributed by atoms with E-state index in [2.05, 4.69) is 10.3 Å². The number of aromatic nitrogens is 1. The van der Waals surface area contributed by atoms with E-state index in [1.807, 2.05) is 24.3 Å². The highest BCUT2D eigenvalue weighted by molar-refractivity contribution is 5.95. The van der Waals surface area contributed by atoms with Gasteiger partial charge in [0.1, 0.15) is 0 Å². The average Bonchev–Trinajstić information content (AvgIpc) is 3.64. The first-order valence-corrected chi connectivity index (χ1v) is 12.7. The number of likely N-dealkylation sites (tertiary alicyclic amines) is 1. The minimum atomic E-state index is -0.284. The summed E-state index contributed by atoms with van der Waals surface area (Å²) in [6, 6.07) is 17.6. The van der Waals surface area contributed by atoms with Gasteiger partial charge in [0.15, 0.2) is 35.2 Å². The van der Waals surface area contributed by atoms with Gasteiger partial charge in [0, 0.05) is 36.6 Å². The van der Waals surface area contributed by atoms with E-state index in [4.69, 9.17) is 13.9 Å². The van der Waals surface area contributed by atoms with Crippen molar-refractivity contribution in [2.75, 3.05) is 20.2 Å². The second-order valence-corrected chi connectivity index (χ2v) is 9.75. The molecule has 2 aliphatic heterocycles. The number of carbonyl (C=O) groups is 2. The van der Waals surface area contributed by atoms with Gasteiger partial charge in [0.25, 0.3) is 5.91 Å². The van der Waals surface area contributed by atoms with Crippen molar-refractivity contribution in [3.05, 3.63) is 89.9 Å². The SMILES string of the molecule is COc1ccc2cc1Oc1cc(ccc1O)CCC(=O)N[C@@H]1CN(C(=O)c3ccc(-c4cnco4)cc3)C[C@@H]21. The van der Waals surface area contributed by atoms with Crippen LogP contribution in [0.25, 0.3) is 11.3 Å². The molecule has 6 rings (SSSR count). The van der Waals surface area contributed by atoms with Crippen molar-refractivity contribution >= 4 is 11.8 Å². The molecular formula is C30H27N3O6. The minimum absolute atomic E-state index is 0.00428. The minimum Gasteiger partial charge on any atom is -0.504 e. The van der Waals surface area contributed by atoms with Crippen molar-refractivity contribution < 1.29 is 28.6 Å². The Kier molecular flexibility index (Phi) is 6.40. The zero-order valence-corrected chi connectivity index (χ0v) is 21.3. The second kappa shape index (κ2) is 10.2. The fourth-order valence-corrected chi connectivity index (χ4v) is 5.23.